The van der Waals surface area contributed by atoms with Gasteiger partial charge >= 0.3 is 0 Å². The summed E-state index contributed by atoms with van der Waals surface area (Å²) in [4.78, 5) is 0. The number of fused-ring (bicyclic) bond motifs is 1. The molecule has 2 nitrogen and oxygen atoms in total. The van der Waals surface area contributed by atoms with Crippen LogP contribution < -0.4 is 10.1 Å². The fraction of sp³-hybridized carbons (Fsp3) is 0.250. The molecule has 1 N–H and O–H groups in total. The number of benzene rings is 2. The van der Waals surface area contributed by atoms with Gasteiger partial charge in [0.1, 0.15) is 6.10 Å². The maximum absolute atomic E-state index is 13.7. The number of nitrogens with one attached hydrogen (secondary N) is 1. The second kappa shape index (κ2) is 5.21. The minimum absolute atomic E-state index is 0.0196. The molecular weight excluding hydrogens is 260 g/mol. The third-order valence-corrected chi connectivity index (χ3v) is 3.69. The fourth-order valence-electron chi connectivity index (χ4n) is 2.75. The van der Waals surface area contributed by atoms with Crippen LogP contribution in [-0.2, 0) is 6.42 Å². The summed E-state index contributed by atoms with van der Waals surface area (Å²) >= 11 is 0. The number of rotatable bonds is 3. The van der Waals surface area contributed by atoms with Crippen molar-refractivity contribution in [2.24, 2.45) is 0 Å². The molecule has 1 aliphatic rings. The van der Waals surface area contributed by atoms with Gasteiger partial charge in [0.25, 0.3) is 0 Å². The smallest absolute Gasteiger partial charge is 0.200 e. The first kappa shape index (κ1) is 13.1. The van der Waals surface area contributed by atoms with Gasteiger partial charge in [-0.15, -0.1) is 0 Å². The number of ether oxygens (including phenoxy) is 1. The Labute approximate surface area is 116 Å². The normalized spacial score (nSPS) is 20.8. The first-order chi connectivity index (χ1) is 9.70. The van der Waals surface area contributed by atoms with E-state index in [-0.39, 0.29) is 17.9 Å². The van der Waals surface area contributed by atoms with Gasteiger partial charge in [0, 0.05) is 6.42 Å². The molecule has 104 valence electrons. The van der Waals surface area contributed by atoms with Crippen LogP contribution >= 0.6 is 0 Å². The van der Waals surface area contributed by atoms with Crippen LogP contribution in [0.25, 0.3) is 0 Å². The Kier molecular flexibility index (Phi) is 3.40. The monoisotopic (exact) mass is 275 g/mol. The molecule has 0 saturated heterocycles. The van der Waals surface area contributed by atoms with E-state index in [2.05, 4.69) is 5.32 Å². The highest BCUT2D eigenvalue weighted by molar-refractivity contribution is 5.37. The molecule has 0 aliphatic heterocycles. The fourth-order valence-corrected chi connectivity index (χ4v) is 2.75. The molecule has 0 radical (unpaired) electrons. The van der Waals surface area contributed by atoms with Crippen molar-refractivity contribution in [3.05, 3.63) is 65.2 Å². The van der Waals surface area contributed by atoms with Crippen molar-refractivity contribution in [1.82, 2.24) is 5.32 Å². The molecule has 3 rings (SSSR count). The van der Waals surface area contributed by atoms with Gasteiger partial charge in [0.15, 0.2) is 11.6 Å². The molecule has 2 unspecified atom stereocenters. The molecule has 0 fully saturated rings. The van der Waals surface area contributed by atoms with Crippen molar-refractivity contribution in [3.8, 4) is 5.75 Å². The summed E-state index contributed by atoms with van der Waals surface area (Å²) in [5.41, 5.74) is 2.32. The van der Waals surface area contributed by atoms with Crippen LogP contribution in [0.3, 0.4) is 0 Å². The molecule has 2 aromatic rings. The topological polar surface area (TPSA) is 21.3 Å². The molecule has 0 bridgehead atoms. The van der Waals surface area contributed by atoms with Crippen LogP contribution in [0.2, 0.25) is 0 Å². The van der Waals surface area contributed by atoms with Gasteiger partial charge in [-0.1, -0.05) is 30.3 Å². The average Bonchev–Trinajstić information content (AvgIpc) is 2.81. The lowest BCUT2D eigenvalue weighted by Gasteiger charge is -2.21. The molecule has 0 heterocycles. The lowest BCUT2D eigenvalue weighted by molar-refractivity contribution is 0.162. The van der Waals surface area contributed by atoms with Crippen molar-refractivity contribution in [2.45, 2.75) is 18.6 Å². The maximum Gasteiger partial charge on any atom is 0.200 e. The first-order valence-electron chi connectivity index (χ1n) is 6.56. The number of halogens is 2. The zero-order chi connectivity index (χ0) is 14.1. The summed E-state index contributed by atoms with van der Waals surface area (Å²) in [5, 5.41) is 3.18. The second-order valence-corrected chi connectivity index (χ2v) is 4.88. The van der Waals surface area contributed by atoms with Crippen LogP contribution in [0.15, 0.2) is 42.5 Å². The Bertz CT molecular complexity index is 630. The number of hydrogen-bond donors (Lipinski definition) is 1. The second-order valence-electron chi connectivity index (χ2n) is 4.88. The van der Waals surface area contributed by atoms with Gasteiger partial charge in [0.05, 0.1) is 6.04 Å². The summed E-state index contributed by atoms with van der Waals surface area (Å²) in [6, 6.07) is 12.0. The maximum atomic E-state index is 13.7. The number of hydrogen-bond acceptors (Lipinski definition) is 2. The Morgan fingerprint density at radius 2 is 1.90 bits per heavy atom. The standard InChI is InChI=1S/C16H15F2NO/c1-19-16-11-6-3-2-5-10(11)9-14(16)20-13-8-4-7-12(17)15(13)18/h2-8,14,16,19H,9H2,1H3. The van der Waals surface area contributed by atoms with Crippen molar-refractivity contribution < 1.29 is 13.5 Å². The van der Waals surface area contributed by atoms with Crippen LogP contribution in [0.1, 0.15) is 17.2 Å². The lowest BCUT2D eigenvalue weighted by atomic mass is 10.1. The summed E-state index contributed by atoms with van der Waals surface area (Å²) in [6.07, 6.45) is 0.436. The van der Waals surface area contributed by atoms with E-state index in [4.69, 9.17) is 4.74 Å². The van der Waals surface area contributed by atoms with E-state index in [1.807, 2.05) is 31.3 Å². The molecule has 20 heavy (non-hydrogen) atoms. The van der Waals surface area contributed by atoms with Crippen molar-refractivity contribution in [3.63, 3.8) is 0 Å². The summed E-state index contributed by atoms with van der Waals surface area (Å²) in [6.45, 7) is 0. The van der Waals surface area contributed by atoms with Crippen LogP contribution in [0, 0.1) is 11.6 Å². The van der Waals surface area contributed by atoms with Crippen molar-refractivity contribution in [1.29, 1.82) is 0 Å². The van der Waals surface area contributed by atoms with E-state index in [1.165, 1.54) is 17.7 Å². The SMILES string of the molecule is CNC1c2ccccc2CC1Oc1cccc(F)c1F. The third kappa shape index (κ3) is 2.16. The van der Waals surface area contributed by atoms with Crippen molar-refractivity contribution in [2.75, 3.05) is 7.05 Å². The summed E-state index contributed by atoms with van der Waals surface area (Å²) < 4.78 is 32.6. The molecule has 0 aromatic heterocycles. The van der Waals surface area contributed by atoms with E-state index in [0.717, 1.165) is 11.6 Å². The Hall–Kier alpha value is -1.94. The van der Waals surface area contributed by atoms with Gasteiger partial charge in [-0.25, -0.2) is 4.39 Å². The van der Waals surface area contributed by atoms with Crippen molar-refractivity contribution >= 4 is 0 Å². The minimum atomic E-state index is -0.932. The van der Waals surface area contributed by atoms with Crippen LogP contribution in [-0.4, -0.2) is 13.2 Å². The van der Waals surface area contributed by atoms with E-state index >= 15 is 0 Å². The van der Waals surface area contributed by atoms with Gasteiger partial charge < -0.3 is 10.1 Å². The molecule has 1 aliphatic carbocycles. The Morgan fingerprint density at radius 3 is 2.70 bits per heavy atom. The predicted octanol–water partition coefficient (Wildman–Crippen LogP) is 3.23. The molecule has 2 aromatic carbocycles. The zero-order valence-corrected chi connectivity index (χ0v) is 11.1. The summed E-state index contributed by atoms with van der Waals surface area (Å²) in [7, 11) is 1.84. The van der Waals surface area contributed by atoms with Gasteiger partial charge in [-0.3, -0.25) is 0 Å². The first-order valence-corrected chi connectivity index (χ1v) is 6.56. The van der Waals surface area contributed by atoms with E-state index in [0.29, 0.717) is 6.42 Å². The zero-order valence-electron chi connectivity index (χ0n) is 11.1. The van der Waals surface area contributed by atoms with Gasteiger partial charge in [0.2, 0.25) is 5.82 Å². The number of likely N-dealkylation sites (N-methyl/N-ethyl adjacent to an activating group) is 1. The average molecular weight is 275 g/mol. The highest BCUT2D eigenvalue weighted by Gasteiger charge is 2.33. The molecular formula is C16H15F2NO. The molecule has 4 heteroatoms. The third-order valence-electron chi connectivity index (χ3n) is 3.69. The molecule has 0 amide bonds. The van der Waals surface area contributed by atoms with Gasteiger partial charge in [-0.2, -0.15) is 4.39 Å². The van der Waals surface area contributed by atoms with E-state index in [9.17, 15) is 8.78 Å². The summed E-state index contributed by atoms with van der Waals surface area (Å²) in [5.74, 6) is -1.86. The Balaban J connectivity index is 1.87. The van der Waals surface area contributed by atoms with Gasteiger partial charge in [-0.05, 0) is 30.3 Å². The van der Waals surface area contributed by atoms with E-state index < -0.39 is 11.6 Å². The Morgan fingerprint density at radius 1 is 1.10 bits per heavy atom. The largest absolute Gasteiger partial charge is 0.485 e. The minimum Gasteiger partial charge on any atom is -0.485 e. The molecule has 0 saturated carbocycles. The van der Waals surface area contributed by atoms with Crippen LogP contribution in [0.4, 0.5) is 8.78 Å². The quantitative estimate of drug-likeness (QED) is 0.928. The molecule has 2 atom stereocenters. The predicted molar refractivity (Wildman–Crippen MR) is 72.7 cm³/mol. The highest BCUT2D eigenvalue weighted by atomic mass is 19.2. The highest BCUT2D eigenvalue weighted by Crippen LogP contribution is 2.34. The van der Waals surface area contributed by atoms with E-state index in [1.54, 1.807) is 0 Å². The lowest BCUT2D eigenvalue weighted by Crippen LogP contribution is -2.30. The molecule has 0 spiro atoms. The van der Waals surface area contributed by atoms with Crippen LogP contribution in [0.5, 0.6) is 5.75 Å².